The van der Waals surface area contributed by atoms with Gasteiger partial charge in [0.1, 0.15) is 18.0 Å². The van der Waals surface area contributed by atoms with E-state index in [1.807, 2.05) is 43.3 Å². The van der Waals surface area contributed by atoms with Crippen LogP contribution in [0.4, 0.5) is 5.82 Å². The van der Waals surface area contributed by atoms with Gasteiger partial charge in [-0.2, -0.15) is 0 Å². The first-order valence-electron chi connectivity index (χ1n) is 6.12. The number of aromatic nitrogens is 1. The Morgan fingerprint density at radius 3 is 2.47 bits per heavy atom. The van der Waals surface area contributed by atoms with E-state index in [9.17, 15) is 5.11 Å². The van der Waals surface area contributed by atoms with Crippen molar-refractivity contribution in [3.05, 3.63) is 59.3 Å². The summed E-state index contributed by atoms with van der Waals surface area (Å²) in [6.45, 7) is 1.90. The van der Waals surface area contributed by atoms with Gasteiger partial charge in [-0.15, -0.1) is 0 Å². The third kappa shape index (κ3) is 2.75. The lowest BCUT2D eigenvalue weighted by atomic mass is 9.95. The lowest BCUT2D eigenvalue weighted by Crippen LogP contribution is -2.16. The molecule has 0 aliphatic carbocycles. The van der Waals surface area contributed by atoms with Crippen LogP contribution < -0.4 is 5.73 Å². The van der Waals surface area contributed by atoms with E-state index in [-0.39, 0.29) is 0 Å². The van der Waals surface area contributed by atoms with Crippen molar-refractivity contribution < 1.29 is 9.84 Å². The molecule has 0 amide bonds. The number of aliphatic hydroxyl groups excluding tert-OH is 1. The van der Waals surface area contributed by atoms with E-state index in [1.165, 1.54) is 0 Å². The summed E-state index contributed by atoms with van der Waals surface area (Å²) in [5.41, 5.74) is 8.29. The number of nitrogens with zero attached hydrogens (tertiary/aromatic N) is 1. The molecule has 4 nitrogen and oxygen atoms in total. The molecule has 19 heavy (non-hydrogen) atoms. The summed E-state index contributed by atoms with van der Waals surface area (Å²) in [5.74, 6) is 0.338. The average molecular weight is 258 g/mol. The first-order chi connectivity index (χ1) is 9.15. The number of aryl methyl sites for hydroxylation is 1. The molecule has 0 fully saturated rings. The Morgan fingerprint density at radius 1 is 1.21 bits per heavy atom. The molecular weight excluding hydrogens is 240 g/mol. The van der Waals surface area contributed by atoms with Crippen LogP contribution in [0.25, 0.3) is 0 Å². The molecule has 100 valence electrons. The number of aliphatic hydroxyl groups is 1. The summed E-state index contributed by atoms with van der Waals surface area (Å²) < 4.78 is 5.43. The largest absolute Gasteiger partial charge is 0.385 e. The average Bonchev–Trinajstić information content (AvgIpc) is 2.40. The zero-order valence-corrected chi connectivity index (χ0v) is 11.1. The standard InChI is InChI=1S/C15H18N2O2/c1-10-8-9-17-15(16)12(10)13(18)14(19-2)11-6-4-3-5-7-11/h3-9,13-14,18H,1-2H3,(H2,16,17). The second-order valence-corrected chi connectivity index (χ2v) is 4.44. The van der Waals surface area contributed by atoms with Gasteiger partial charge < -0.3 is 15.6 Å². The van der Waals surface area contributed by atoms with Crippen molar-refractivity contribution in [1.29, 1.82) is 0 Å². The van der Waals surface area contributed by atoms with Crippen LogP contribution in [0.1, 0.15) is 28.9 Å². The number of hydrogen-bond donors (Lipinski definition) is 2. The molecular formula is C15H18N2O2. The Hall–Kier alpha value is -1.91. The highest BCUT2D eigenvalue weighted by atomic mass is 16.5. The first-order valence-corrected chi connectivity index (χ1v) is 6.12. The van der Waals surface area contributed by atoms with Gasteiger partial charge in [-0.1, -0.05) is 30.3 Å². The maximum atomic E-state index is 10.6. The number of hydrogen-bond acceptors (Lipinski definition) is 4. The topological polar surface area (TPSA) is 68.4 Å². The highest BCUT2D eigenvalue weighted by Crippen LogP contribution is 2.35. The van der Waals surface area contributed by atoms with E-state index in [2.05, 4.69) is 4.98 Å². The zero-order valence-electron chi connectivity index (χ0n) is 11.1. The van der Waals surface area contributed by atoms with E-state index in [0.29, 0.717) is 11.4 Å². The van der Waals surface area contributed by atoms with Crippen molar-refractivity contribution in [3.63, 3.8) is 0 Å². The van der Waals surface area contributed by atoms with Crippen LogP contribution in [0.15, 0.2) is 42.6 Å². The van der Waals surface area contributed by atoms with Crippen LogP contribution in [0.2, 0.25) is 0 Å². The van der Waals surface area contributed by atoms with Gasteiger partial charge in [-0.3, -0.25) is 0 Å². The van der Waals surface area contributed by atoms with E-state index >= 15 is 0 Å². The van der Waals surface area contributed by atoms with Crippen LogP contribution in [0.5, 0.6) is 0 Å². The maximum Gasteiger partial charge on any atom is 0.129 e. The Bertz CT molecular complexity index is 523. The zero-order chi connectivity index (χ0) is 13.8. The van der Waals surface area contributed by atoms with Gasteiger partial charge in [0.25, 0.3) is 0 Å². The Morgan fingerprint density at radius 2 is 1.89 bits per heavy atom. The number of rotatable bonds is 4. The summed E-state index contributed by atoms with van der Waals surface area (Å²) in [7, 11) is 1.57. The molecule has 0 aliphatic heterocycles. The van der Waals surface area contributed by atoms with Crippen LogP contribution in [0.3, 0.4) is 0 Å². The van der Waals surface area contributed by atoms with Crippen LogP contribution in [-0.4, -0.2) is 17.2 Å². The molecule has 4 heteroatoms. The normalized spacial score (nSPS) is 14.1. The van der Waals surface area contributed by atoms with Gasteiger partial charge >= 0.3 is 0 Å². The molecule has 2 unspecified atom stereocenters. The highest BCUT2D eigenvalue weighted by molar-refractivity contribution is 5.46. The fourth-order valence-electron chi connectivity index (χ4n) is 2.22. The monoisotopic (exact) mass is 258 g/mol. The van der Waals surface area contributed by atoms with E-state index in [1.54, 1.807) is 13.3 Å². The molecule has 3 N–H and O–H groups in total. The van der Waals surface area contributed by atoms with Crippen molar-refractivity contribution >= 4 is 5.82 Å². The number of pyridine rings is 1. The smallest absolute Gasteiger partial charge is 0.129 e. The highest BCUT2D eigenvalue weighted by Gasteiger charge is 2.25. The molecule has 0 saturated heterocycles. The second-order valence-electron chi connectivity index (χ2n) is 4.44. The molecule has 0 aliphatic rings. The number of ether oxygens (including phenoxy) is 1. The molecule has 0 radical (unpaired) electrons. The lowest BCUT2D eigenvalue weighted by Gasteiger charge is -2.24. The molecule has 2 rings (SSSR count). The molecule has 1 aromatic heterocycles. The summed E-state index contributed by atoms with van der Waals surface area (Å²) in [6, 6.07) is 11.4. The van der Waals surface area contributed by atoms with Crippen molar-refractivity contribution in [2.45, 2.75) is 19.1 Å². The summed E-state index contributed by atoms with van der Waals surface area (Å²) >= 11 is 0. The summed E-state index contributed by atoms with van der Waals surface area (Å²) in [4.78, 5) is 4.03. The van der Waals surface area contributed by atoms with Crippen LogP contribution in [-0.2, 0) is 4.74 Å². The van der Waals surface area contributed by atoms with Crippen LogP contribution in [0, 0.1) is 6.92 Å². The third-order valence-electron chi connectivity index (χ3n) is 3.20. The van der Waals surface area contributed by atoms with Crippen molar-refractivity contribution in [2.24, 2.45) is 0 Å². The second kappa shape index (κ2) is 5.82. The van der Waals surface area contributed by atoms with Gasteiger partial charge in [-0.25, -0.2) is 4.98 Å². The van der Waals surface area contributed by atoms with Gasteiger partial charge in [0, 0.05) is 18.9 Å². The molecule has 1 aromatic carbocycles. The summed E-state index contributed by atoms with van der Waals surface area (Å²) in [5, 5.41) is 10.6. The molecule has 2 atom stereocenters. The predicted molar refractivity (Wildman–Crippen MR) is 74.5 cm³/mol. The lowest BCUT2D eigenvalue weighted by molar-refractivity contribution is -0.0149. The Kier molecular flexibility index (Phi) is 4.14. The fraction of sp³-hybridized carbons (Fsp3) is 0.267. The quantitative estimate of drug-likeness (QED) is 0.883. The number of nitrogens with two attached hydrogens (primary N) is 1. The van der Waals surface area contributed by atoms with Gasteiger partial charge in [0.15, 0.2) is 0 Å². The van der Waals surface area contributed by atoms with Gasteiger partial charge in [0.2, 0.25) is 0 Å². The maximum absolute atomic E-state index is 10.6. The molecule has 0 spiro atoms. The SMILES string of the molecule is COC(c1ccccc1)C(O)c1c(C)ccnc1N. The summed E-state index contributed by atoms with van der Waals surface area (Å²) in [6.07, 6.45) is 0.318. The van der Waals surface area contributed by atoms with Crippen molar-refractivity contribution in [1.82, 2.24) is 4.98 Å². The van der Waals surface area contributed by atoms with Gasteiger partial charge in [0.05, 0.1) is 0 Å². The minimum absolute atomic E-state index is 0.338. The Labute approximate surface area is 112 Å². The number of anilines is 1. The number of benzene rings is 1. The molecule has 0 saturated carbocycles. The van der Waals surface area contributed by atoms with Gasteiger partial charge in [-0.05, 0) is 24.1 Å². The van der Waals surface area contributed by atoms with E-state index in [0.717, 1.165) is 11.1 Å². The Balaban J connectivity index is 2.39. The first kappa shape index (κ1) is 13.5. The fourth-order valence-corrected chi connectivity index (χ4v) is 2.22. The number of nitrogen functional groups attached to an aromatic ring is 1. The molecule has 0 bridgehead atoms. The third-order valence-corrected chi connectivity index (χ3v) is 3.20. The minimum Gasteiger partial charge on any atom is -0.385 e. The van der Waals surface area contributed by atoms with Crippen LogP contribution >= 0.6 is 0 Å². The molecule has 1 heterocycles. The van der Waals surface area contributed by atoms with E-state index < -0.39 is 12.2 Å². The predicted octanol–water partition coefficient (Wildman–Crippen LogP) is 2.39. The van der Waals surface area contributed by atoms with E-state index in [4.69, 9.17) is 10.5 Å². The number of methoxy groups -OCH3 is 1. The van der Waals surface area contributed by atoms with Crippen molar-refractivity contribution in [2.75, 3.05) is 12.8 Å². The minimum atomic E-state index is -0.846. The molecule has 2 aromatic rings. The van der Waals surface area contributed by atoms with Crippen molar-refractivity contribution in [3.8, 4) is 0 Å².